The topological polar surface area (TPSA) is 25.8 Å². The Morgan fingerprint density at radius 2 is 1.24 bits per heavy atom. The SMILES string of the molecule is Brc1ccc(-c2cc(-c3cccc4ccccc34)nc(-c3ccccc3)n2)cc1. The molecule has 2 nitrogen and oxygen atoms in total. The lowest BCUT2D eigenvalue weighted by Gasteiger charge is -2.11. The summed E-state index contributed by atoms with van der Waals surface area (Å²) in [4.78, 5) is 9.83. The fraction of sp³-hybridized carbons (Fsp3) is 0. The molecule has 5 aromatic rings. The zero-order valence-corrected chi connectivity index (χ0v) is 17.2. The average molecular weight is 437 g/mol. The summed E-state index contributed by atoms with van der Waals surface area (Å²) in [7, 11) is 0. The Bertz CT molecular complexity index is 1290. The summed E-state index contributed by atoms with van der Waals surface area (Å²) in [5.41, 5.74) is 5.02. The Labute approximate surface area is 178 Å². The van der Waals surface area contributed by atoms with Crippen LogP contribution in [0.3, 0.4) is 0 Å². The molecule has 0 saturated carbocycles. The van der Waals surface area contributed by atoms with Gasteiger partial charge in [0.2, 0.25) is 0 Å². The number of aromatic nitrogens is 2. The first-order chi connectivity index (χ1) is 14.3. The molecule has 5 rings (SSSR count). The molecule has 29 heavy (non-hydrogen) atoms. The second-order valence-electron chi connectivity index (χ2n) is 6.86. The van der Waals surface area contributed by atoms with E-state index in [2.05, 4.69) is 76.6 Å². The summed E-state index contributed by atoms with van der Waals surface area (Å²) in [5, 5.41) is 2.39. The van der Waals surface area contributed by atoms with Crippen LogP contribution >= 0.6 is 15.9 Å². The number of nitrogens with zero attached hydrogens (tertiary/aromatic N) is 2. The van der Waals surface area contributed by atoms with Crippen molar-refractivity contribution >= 4 is 26.7 Å². The first-order valence-electron chi connectivity index (χ1n) is 9.46. The fourth-order valence-electron chi connectivity index (χ4n) is 3.52. The van der Waals surface area contributed by atoms with Crippen molar-refractivity contribution in [3.8, 4) is 33.9 Å². The van der Waals surface area contributed by atoms with Crippen LogP contribution in [0, 0.1) is 0 Å². The van der Waals surface area contributed by atoms with Crippen LogP contribution in [0.4, 0.5) is 0 Å². The van der Waals surface area contributed by atoms with Crippen molar-refractivity contribution in [1.82, 2.24) is 9.97 Å². The number of hydrogen-bond acceptors (Lipinski definition) is 2. The largest absolute Gasteiger partial charge is 0.228 e. The second kappa shape index (κ2) is 7.61. The van der Waals surface area contributed by atoms with Crippen molar-refractivity contribution in [3.05, 3.63) is 108 Å². The molecule has 3 heteroatoms. The van der Waals surface area contributed by atoms with E-state index in [9.17, 15) is 0 Å². The molecule has 0 fully saturated rings. The van der Waals surface area contributed by atoms with Crippen LogP contribution in [0.2, 0.25) is 0 Å². The summed E-state index contributed by atoms with van der Waals surface area (Å²) in [6.45, 7) is 0. The summed E-state index contributed by atoms with van der Waals surface area (Å²) in [6.07, 6.45) is 0. The van der Waals surface area contributed by atoms with E-state index in [-0.39, 0.29) is 0 Å². The molecule has 0 unspecified atom stereocenters. The van der Waals surface area contributed by atoms with Crippen LogP contribution in [0.1, 0.15) is 0 Å². The number of benzene rings is 4. The Kier molecular flexibility index (Phi) is 4.66. The molecule has 0 amide bonds. The number of hydrogen-bond donors (Lipinski definition) is 0. The van der Waals surface area contributed by atoms with E-state index in [4.69, 9.17) is 9.97 Å². The summed E-state index contributed by atoms with van der Waals surface area (Å²) in [5.74, 6) is 0.731. The van der Waals surface area contributed by atoms with Gasteiger partial charge in [0.1, 0.15) is 0 Å². The van der Waals surface area contributed by atoms with Gasteiger partial charge in [-0.15, -0.1) is 0 Å². The van der Waals surface area contributed by atoms with Crippen molar-refractivity contribution < 1.29 is 0 Å². The Morgan fingerprint density at radius 1 is 0.552 bits per heavy atom. The summed E-state index contributed by atoms with van der Waals surface area (Å²) < 4.78 is 1.05. The van der Waals surface area contributed by atoms with Crippen LogP contribution in [0.5, 0.6) is 0 Å². The summed E-state index contributed by atoms with van der Waals surface area (Å²) in [6, 6.07) is 35.2. The van der Waals surface area contributed by atoms with Gasteiger partial charge >= 0.3 is 0 Å². The Hall–Kier alpha value is -3.30. The molecule has 4 aromatic carbocycles. The van der Waals surface area contributed by atoms with E-state index in [0.717, 1.165) is 38.4 Å². The number of halogens is 1. The standard InChI is InChI=1S/C26H17BrN2/c27-21-15-13-19(14-16-21)24-17-25(29-26(28-24)20-8-2-1-3-9-20)23-12-6-10-18-7-4-5-11-22(18)23/h1-17H. The van der Waals surface area contributed by atoms with E-state index in [1.54, 1.807) is 0 Å². The molecule has 0 radical (unpaired) electrons. The lowest BCUT2D eigenvalue weighted by molar-refractivity contribution is 1.18. The van der Waals surface area contributed by atoms with E-state index in [0.29, 0.717) is 0 Å². The fourth-order valence-corrected chi connectivity index (χ4v) is 3.78. The molecule has 1 heterocycles. The molecule has 0 atom stereocenters. The monoisotopic (exact) mass is 436 g/mol. The molecular formula is C26H17BrN2. The van der Waals surface area contributed by atoms with Gasteiger partial charge in [0.15, 0.2) is 5.82 Å². The van der Waals surface area contributed by atoms with E-state index in [1.807, 2.05) is 42.5 Å². The number of fused-ring (bicyclic) bond motifs is 1. The lowest BCUT2D eigenvalue weighted by Crippen LogP contribution is -1.96. The van der Waals surface area contributed by atoms with Gasteiger partial charge in [-0.05, 0) is 29.0 Å². The van der Waals surface area contributed by atoms with Crippen LogP contribution in [-0.2, 0) is 0 Å². The second-order valence-corrected chi connectivity index (χ2v) is 7.78. The van der Waals surface area contributed by atoms with Gasteiger partial charge in [-0.25, -0.2) is 9.97 Å². The third-order valence-corrected chi connectivity index (χ3v) is 5.49. The van der Waals surface area contributed by atoms with Gasteiger partial charge in [-0.3, -0.25) is 0 Å². The quantitative estimate of drug-likeness (QED) is 0.294. The smallest absolute Gasteiger partial charge is 0.160 e. The Balaban J connectivity index is 1.76. The summed E-state index contributed by atoms with van der Waals surface area (Å²) >= 11 is 3.51. The van der Waals surface area contributed by atoms with Crippen molar-refractivity contribution in [2.24, 2.45) is 0 Å². The first kappa shape index (κ1) is 17.8. The zero-order chi connectivity index (χ0) is 19.6. The van der Waals surface area contributed by atoms with E-state index >= 15 is 0 Å². The number of rotatable bonds is 3. The minimum atomic E-state index is 0.731. The lowest BCUT2D eigenvalue weighted by atomic mass is 10.0. The van der Waals surface area contributed by atoms with Gasteiger partial charge in [0.25, 0.3) is 0 Å². The van der Waals surface area contributed by atoms with Crippen molar-refractivity contribution in [1.29, 1.82) is 0 Å². The third-order valence-electron chi connectivity index (χ3n) is 4.96. The average Bonchev–Trinajstić information content (AvgIpc) is 2.79. The van der Waals surface area contributed by atoms with Crippen molar-refractivity contribution in [2.75, 3.05) is 0 Å². The maximum absolute atomic E-state index is 4.95. The minimum absolute atomic E-state index is 0.731. The maximum atomic E-state index is 4.95. The van der Waals surface area contributed by atoms with Gasteiger partial charge in [-0.1, -0.05) is 101 Å². The van der Waals surface area contributed by atoms with Gasteiger partial charge in [-0.2, -0.15) is 0 Å². The predicted octanol–water partition coefficient (Wildman–Crippen LogP) is 7.39. The van der Waals surface area contributed by atoms with E-state index < -0.39 is 0 Å². The van der Waals surface area contributed by atoms with Crippen LogP contribution in [0.15, 0.2) is 108 Å². The molecule has 1 aromatic heterocycles. The first-order valence-corrected chi connectivity index (χ1v) is 10.3. The molecule has 138 valence electrons. The highest BCUT2D eigenvalue weighted by Gasteiger charge is 2.12. The van der Waals surface area contributed by atoms with Crippen LogP contribution in [-0.4, -0.2) is 9.97 Å². The zero-order valence-electron chi connectivity index (χ0n) is 15.6. The molecule has 0 saturated heterocycles. The maximum Gasteiger partial charge on any atom is 0.160 e. The third kappa shape index (κ3) is 3.57. The molecule has 0 spiro atoms. The molecule has 0 N–H and O–H groups in total. The van der Waals surface area contributed by atoms with Crippen LogP contribution in [0.25, 0.3) is 44.7 Å². The van der Waals surface area contributed by atoms with E-state index in [1.165, 1.54) is 10.8 Å². The highest BCUT2D eigenvalue weighted by Crippen LogP contribution is 2.32. The van der Waals surface area contributed by atoms with Gasteiger partial charge < -0.3 is 0 Å². The molecule has 0 aliphatic rings. The van der Waals surface area contributed by atoms with Gasteiger partial charge in [0, 0.05) is 21.2 Å². The molecule has 0 aliphatic carbocycles. The van der Waals surface area contributed by atoms with Crippen molar-refractivity contribution in [2.45, 2.75) is 0 Å². The normalized spacial score (nSPS) is 10.9. The molecular weight excluding hydrogens is 420 g/mol. The van der Waals surface area contributed by atoms with Gasteiger partial charge in [0.05, 0.1) is 11.4 Å². The predicted molar refractivity (Wildman–Crippen MR) is 124 cm³/mol. The Morgan fingerprint density at radius 3 is 2.07 bits per heavy atom. The highest BCUT2D eigenvalue weighted by atomic mass is 79.9. The van der Waals surface area contributed by atoms with Crippen molar-refractivity contribution in [3.63, 3.8) is 0 Å². The molecule has 0 bridgehead atoms. The van der Waals surface area contributed by atoms with Crippen LogP contribution < -0.4 is 0 Å². The molecule has 0 aliphatic heterocycles. The highest BCUT2D eigenvalue weighted by molar-refractivity contribution is 9.10. The minimum Gasteiger partial charge on any atom is -0.228 e.